The van der Waals surface area contributed by atoms with Crippen LogP contribution in [0, 0.1) is 0 Å². The zero-order chi connectivity index (χ0) is 13.2. The van der Waals surface area contributed by atoms with Crippen molar-refractivity contribution in [3.05, 3.63) is 29.8 Å². The highest BCUT2D eigenvalue weighted by atomic mass is 79.9. The van der Waals surface area contributed by atoms with Crippen molar-refractivity contribution < 1.29 is 14.3 Å². The van der Waals surface area contributed by atoms with E-state index in [0.717, 1.165) is 31.0 Å². The van der Waals surface area contributed by atoms with Crippen LogP contribution >= 0.6 is 15.9 Å². The van der Waals surface area contributed by atoms with Gasteiger partial charge in [0.15, 0.2) is 6.29 Å². The molecule has 0 radical (unpaired) electrons. The minimum absolute atomic E-state index is 0.275. The van der Waals surface area contributed by atoms with Crippen molar-refractivity contribution >= 4 is 28.2 Å². The van der Waals surface area contributed by atoms with E-state index in [1.165, 1.54) is 0 Å². The maximum atomic E-state index is 11.6. The summed E-state index contributed by atoms with van der Waals surface area (Å²) in [7, 11) is 0. The summed E-state index contributed by atoms with van der Waals surface area (Å²) in [5.74, 6) is 0.0705. The van der Waals surface area contributed by atoms with Gasteiger partial charge in [-0.05, 0) is 25.0 Å². The van der Waals surface area contributed by atoms with Crippen molar-refractivity contribution in [2.24, 2.45) is 0 Å². The standard InChI is InChI=1S/C14H17BrO3/c15-10-6-2-1-3-9-14(17)18-13-8-5-4-7-12(13)11-16/h4-5,7-8,11H,1-3,6,9-10H2. The zero-order valence-electron chi connectivity index (χ0n) is 10.2. The van der Waals surface area contributed by atoms with Gasteiger partial charge in [0, 0.05) is 11.8 Å². The number of hydrogen-bond acceptors (Lipinski definition) is 3. The molecule has 0 aliphatic heterocycles. The van der Waals surface area contributed by atoms with Crippen LogP contribution in [0.3, 0.4) is 0 Å². The molecule has 98 valence electrons. The van der Waals surface area contributed by atoms with Gasteiger partial charge in [-0.2, -0.15) is 0 Å². The Labute approximate surface area is 116 Å². The molecule has 0 unspecified atom stereocenters. The van der Waals surface area contributed by atoms with E-state index in [2.05, 4.69) is 15.9 Å². The van der Waals surface area contributed by atoms with Gasteiger partial charge in [0.2, 0.25) is 0 Å². The molecule has 3 nitrogen and oxygen atoms in total. The molecule has 0 amide bonds. The molecular formula is C14H17BrO3. The molecule has 0 aromatic heterocycles. The molecule has 0 fully saturated rings. The van der Waals surface area contributed by atoms with Gasteiger partial charge < -0.3 is 4.74 Å². The predicted molar refractivity (Wildman–Crippen MR) is 74.3 cm³/mol. The van der Waals surface area contributed by atoms with Crippen molar-refractivity contribution in [1.29, 1.82) is 0 Å². The van der Waals surface area contributed by atoms with E-state index in [4.69, 9.17) is 4.74 Å². The number of benzene rings is 1. The Morgan fingerprint density at radius 1 is 1.17 bits per heavy atom. The summed E-state index contributed by atoms with van der Waals surface area (Å²) in [5, 5.41) is 1.00. The highest BCUT2D eigenvalue weighted by molar-refractivity contribution is 9.09. The van der Waals surface area contributed by atoms with Gasteiger partial charge in [-0.3, -0.25) is 9.59 Å². The minimum Gasteiger partial charge on any atom is -0.426 e. The van der Waals surface area contributed by atoms with E-state index in [0.29, 0.717) is 24.0 Å². The number of rotatable bonds is 8. The number of aldehydes is 1. The number of para-hydroxylation sites is 1. The van der Waals surface area contributed by atoms with Crippen LogP contribution in [-0.2, 0) is 4.79 Å². The van der Waals surface area contributed by atoms with Crippen LogP contribution in [-0.4, -0.2) is 17.6 Å². The second-order valence-electron chi connectivity index (χ2n) is 3.98. The second kappa shape index (κ2) is 8.86. The van der Waals surface area contributed by atoms with Crippen LogP contribution < -0.4 is 4.74 Å². The first kappa shape index (κ1) is 14.9. The fourth-order valence-electron chi connectivity index (χ4n) is 1.56. The highest BCUT2D eigenvalue weighted by Crippen LogP contribution is 2.16. The number of ether oxygens (including phenoxy) is 1. The number of hydrogen-bond donors (Lipinski definition) is 0. The number of alkyl halides is 1. The molecule has 1 rings (SSSR count). The zero-order valence-corrected chi connectivity index (χ0v) is 11.8. The van der Waals surface area contributed by atoms with Gasteiger partial charge in [0.1, 0.15) is 5.75 Å². The van der Waals surface area contributed by atoms with Crippen LogP contribution in [0.15, 0.2) is 24.3 Å². The largest absolute Gasteiger partial charge is 0.426 e. The molecular weight excluding hydrogens is 296 g/mol. The Morgan fingerprint density at radius 3 is 2.61 bits per heavy atom. The summed E-state index contributed by atoms with van der Waals surface area (Å²) >= 11 is 3.37. The van der Waals surface area contributed by atoms with Gasteiger partial charge in [-0.15, -0.1) is 0 Å². The lowest BCUT2D eigenvalue weighted by atomic mass is 10.1. The van der Waals surface area contributed by atoms with Gasteiger partial charge in [0.25, 0.3) is 0 Å². The van der Waals surface area contributed by atoms with Crippen molar-refractivity contribution in [1.82, 2.24) is 0 Å². The molecule has 1 aromatic carbocycles. The van der Waals surface area contributed by atoms with Crippen LogP contribution in [0.25, 0.3) is 0 Å². The number of unbranched alkanes of at least 4 members (excludes halogenated alkanes) is 3. The molecule has 0 atom stereocenters. The molecule has 0 N–H and O–H groups in total. The summed E-state index contributed by atoms with van der Waals surface area (Å²) in [5.41, 5.74) is 0.408. The lowest BCUT2D eigenvalue weighted by molar-refractivity contribution is -0.134. The molecule has 0 saturated heterocycles. The van der Waals surface area contributed by atoms with Crippen molar-refractivity contribution in [3.8, 4) is 5.75 Å². The maximum Gasteiger partial charge on any atom is 0.311 e. The van der Waals surface area contributed by atoms with Gasteiger partial charge >= 0.3 is 5.97 Å². The topological polar surface area (TPSA) is 43.4 Å². The maximum absolute atomic E-state index is 11.6. The number of carbonyl (C=O) groups is 2. The van der Waals surface area contributed by atoms with E-state index in [-0.39, 0.29) is 5.97 Å². The Balaban J connectivity index is 2.33. The first-order valence-corrected chi connectivity index (χ1v) is 7.21. The van der Waals surface area contributed by atoms with Crippen molar-refractivity contribution in [2.75, 3.05) is 5.33 Å². The molecule has 0 bridgehead atoms. The Kier molecular flexibility index (Phi) is 7.34. The monoisotopic (exact) mass is 312 g/mol. The summed E-state index contributed by atoms with van der Waals surface area (Å²) in [6.07, 6.45) is 5.19. The Hall–Kier alpha value is -1.16. The number of esters is 1. The van der Waals surface area contributed by atoms with Gasteiger partial charge in [-0.25, -0.2) is 0 Å². The molecule has 0 aliphatic rings. The quantitative estimate of drug-likeness (QED) is 0.241. The number of carbonyl (C=O) groups excluding carboxylic acids is 2. The SMILES string of the molecule is O=Cc1ccccc1OC(=O)CCCCCCBr. The smallest absolute Gasteiger partial charge is 0.311 e. The van der Waals surface area contributed by atoms with Crippen LogP contribution in [0.4, 0.5) is 0 Å². The normalized spacial score (nSPS) is 10.1. The highest BCUT2D eigenvalue weighted by Gasteiger charge is 2.07. The van der Waals surface area contributed by atoms with Crippen molar-refractivity contribution in [2.45, 2.75) is 32.1 Å². The van der Waals surface area contributed by atoms with E-state index in [1.807, 2.05) is 0 Å². The lowest BCUT2D eigenvalue weighted by Crippen LogP contribution is -2.08. The first-order chi connectivity index (χ1) is 8.77. The Morgan fingerprint density at radius 2 is 1.89 bits per heavy atom. The average Bonchev–Trinajstić information content (AvgIpc) is 2.39. The lowest BCUT2D eigenvalue weighted by Gasteiger charge is -2.06. The third kappa shape index (κ3) is 5.45. The summed E-state index contributed by atoms with van der Waals surface area (Å²) < 4.78 is 5.16. The fourth-order valence-corrected chi connectivity index (χ4v) is 1.96. The van der Waals surface area contributed by atoms with Crippen molar-refractivity contribution in [3.63, 3.8) is 0 Å². The fraction of sp³-hybridized carbons (Fsp3) is 0.429. The van der Waals surface area contributed by atoms with E-state index < -0.39 is 0 Å². The molecule has 0 aliphatic carbocycles. The Bertz CT molecular complexity index is 390. The average molecular weight is 313 g/mol. The number of halogens is 1. The minimum atomic E-state index is -0.275. The predicted octanol–water partition coefficient (Wildman–Crippen LogP) is 3.75. The molecule has 1 aromatic rings. The summed E-state index contributed by atoms with van der Waals surface area (Å²) in [6, 6.07) is 6.74. The summed E-state index contributed by atoms with van der Waals surface area (Å²) in [6.45, 7) is 0. The van der Waals surface area contributed by atoms with Crippen LogP contribution in [0.2, 0.25) is 0 Å². The molecule has 0 heterocycles. The second-order valence-corrected chi connectivity index (χ2v) is 4.78. The van der Waals surface area contributed by atoms with E-state index in [9.17, 15) is 9.59 Å². The third-order valence-electron chi connectivity index (χ3n) is 2.53. The van der Waals surface area contributed by atoms with Gasteiger partial charge in [-0.1, -0.05) is 40.9 Å². The van der Waals surface area contributed by atoms with Crippen LogP contribution in [0.1, 0.15) is 42.5 Å². The third-order valence-corrected chi connectivity index (χ3v) is 3.10. The van der Waals surface area contributed by atoms with Gasteiger partial charge in [0.05, 0.1) is 5.56 Å². The molecule has 4 heteroatoms. The van der Waals surface area contributed by atoms with E-state index >= 15 is 0 Å². The first-order valence-electron chi connectivity index (χ1n) is 6.08. The van der Waals surface area contributed by atoms with Crippen LogP contribution in [0.5, 0.6) is 5.75 Å². The molecule has 0 spiro atoms. The molecule has 0 saturated carbocycles. The summed E-state index contributed by atoms with van der Waals surface area (Å²) in [4.78, 5) is 22.3. The molecule has 18 heavy (non-hydrogen) atoms. The van der Waals surface area contributed by atoms with E-state index in [1.54, 1.807) is 24.3 Å².